The Morgan fingerprint density at radius 3 is 2.50 bits per heavy atom. The van der Waals surface area contributed by atoms with Crippen molar-refractivity contribution in [2.75, 3.05) is 23.0 Å². The molecule has 0 aliphatic heterocycles. The van der Waals surface area contributed by atoms with Crippen molar-refractivity contribution in [1.82, 2.24) is 0 Å². The zero-order valence-corrected chi connectivity index (χ0v) is 10.1. The molecule has 3 N–H and O–H groups in total. The van der Waals surface area contributed by atoms with E-state index in [1.165, 1.54) is 4.90 Å². The monoisotopic (exact) mass is 241 g/mol. The van der Waals surface area contributed by atoms with E-state index in [1.807, 2.05) is 42.5 Å². The molecule has 4 heteroatoms. The largest absolute Gasteiger partial charge is 0.399 e. The van der Waals surface area contributed by atoms with Crippen molar-refractivity contribution < 1.29 is 4.79 Å². The van der Waals surface area contributed by atoms with Crippen LogP contribution in [0, 0.1) is 0 Å². The predicted molar refractivity (Wildman–Crippen MR) is 74.7 cm³/mol. The van der Waals surface area contributed by atoms with Crippen LogP contribution in [-0.4, -0.2) is 13.1 Å². The summed E-state index contributed by atoms with van der Waals surface area (Å²) >= 11 is 0. The first-order chi connectivity index (χ1) is 8.66. The summed E-state index contributed by atoms with van der Waals surface area (Å²) in [5.41, 5.74) is 7.84. The van der Waals surface area contributed by atoms with Crippen LogP contribution in [0.2, 0.25) is 0 Å². The van der Waals surface area contributed by atoms with Gasteiger partial charge < -0.3 is 11.1 Å². The SMILES string of the molecule is CN(C(=O)Nc1ccccc1)c1cccc(N)c1. The van der Waals surface area contributed by atoms with E-state index in [-0.39, 0.29) is 6.03 Å². The number of rotatable bonds is 2. The summed E-state index contributed by atoms with van der Waals surface area (Å²) < 4.78 is 0. The summed E-state index contributed by atoms with van der Waals surface area (Å²) in [6.45, 7) is 0. The van der Waals surface area contributed by atoms with Gasteiger partial charge in [0, 0.05) is 24.1 Å². The van der Waals surface area contributed by atoms with Crippen LogP contribution < -0.4 is 16.0 Å². The summed E-state index contributed by atoms with van der Waals surface area (Å²) in [5.74, 6) is 0. The van der Waals surface area contributed by atoms with Crippen molar-refractivity contribution in [2.45, 2.75) is 0 Å². The van der Waals surface area contributed by atoms with Crippen LogP contribution in [0.15, 0.2) is 54.6 Å². The molecule has 2 aromatic carbocycles. The molecular formula is C14H15N3O. The number of nitrogens with two attached hydrogens (primary N) is 1. The molecule has 2 amide bonds. The third-order valence-electron chi connectivity index (χ3n) is 2.59. The molecule has 0 aromatic heterocycles. The molecule has 2 rings (SSSR count). The molecule has 2 aromatic rings. The number of urea groups is 1. The van der Waals surface area contributed by atoms with Gasteiger partial charge in [0.2, 0.25) is 0 Å². The van der Waals surface area contributed by atoms with Crippen molar-refractivity contribution in [3.63, 3.8) is 0 Å². The fraction of sp³-hybridized carbons (Fsp3) is 0.0714. The Morgan fingerprint density at radius 2 is 1.83 bits per heavy atom. The molecule has 0 aliphatic carbocycles. The van der Waals surface area contributed by atoms with Crippen molar-refractivity contribution in [2.24, 2.45) is 0 Å². The maximum Gasteiger partial charge on any atom is 0.326 e. The number of nitrogen functional groups attached to an aromatic ring is 1. The third kappa shape index (κ3) is 2.79. The Hall–Kier alpha value is -2.49. The highest BCUT2D eigenvalue weighted by Crippen LogP contribution is 2.17. The van der Waals surface area contributed by atoms with Gasteiger partial charge in [-0.1, -0.05) is 24.3 Å². The summed E-state index contributed by atoms with van der Waals surface area (Å²) in [5, 5.41) is 2.81. The molecule has 0 heterocycles. The normalized spacial score (nSPS) is 9.83. The lowest BCUT2D eigenvalue weighted by Crippen LogP contribution is -2.31. The number of benzene rings is 2. The third-order valence-corrected chi connectivity index (χ3v) is 2.59. The number of hydrogen-bond acceptors (Lipinski definition) is 2. The molecule has 0 saturated heterocycles. The van der Waals surface area contributed by atoms with E-state index in [1.54, 1.807) is 19.2 Å². The predicted octanol–water partition coefficient (Wildman–Crippen LogP) is 2.94. The number of hydrogen-bond donors (Lipinski definition) is 2. The summed E-state index contributed by atoms with van der Waals surface area (Å²) in [4.78, 5) is 13.5. The van der Waals surface area contributed by atoms with Gasteiger partial charge in [-0.3, -0.25) is 4.90 Å². The molecule has 0 aliphatic rings. The van der Waals surface area contributed by atoms with E-state index in [0.717, 1.165) is 11.4 Å². The van der Waals surface area contributed by atoms with Gasteiger partial charge in [0.15, 0.2) is 0 Å². The topological polar surface area (TPSA) is 58.4 Å². The number of anilines is 3. The molecule has 92 valence electrons. The number of nitrogens with one attached hydrogen (secondary N) is 1. The van der Waals surface area contributed by atoms with Crippen molar-refractivity contribution >= 4 is 23.1 Å². The van der Waals surface area contributed by atoms with E-state index >= 15 is 0 Å². The summed E-state index contributed by atoms with van der Waals surface area (Å²) in [7, 11) is 1.70. The fourth-order valence-electron chi connectivity index (χ4n) is 1.58. The number of carbonyl (C=O) groups is 1. The minimum absolute atomic E-state index is 0.202. The highest BCUT2D eigenvalue weighted by Gasteiger charge is 2.10. The van der Waals surface area contributed by atoms with Gasteiger partial charge in [-0.25, -0.2) is 4.79 Å². The second kappa shape index (κ2) is 5.23. The minimum Gasteiger partial charge on any atom is -0.399 e. The van der Waals surface area contributed by atoms with E-state index in [9.17, 15) is 4.79 Å². The fourth-order valence-corrected chi connectivity index (χ4v) is 1.58. The summed E-state index contributed by atoms with van der Waals surface area (Å²) in [6.07, 6.45) is 0. The van der Waals surface area contributed by atoms with E-state index < -0.39 is 0 Å². The zero-order valence-electron chi connectivity index (χ0n) is 10.1. The van der Waals surface area contributed by atoms with E-state index in [2.05, 4.69) is 5.32 Å². The molecule has 0 atom stereocenters. The lowest BCUT2D eigenvalue weighted by atomic mass is 10.2. The van der Waals surface area contributed by atoms with Crippen LogP contribution in [0.3, 0.4) is 0 Å². The molecule has 0 radical (unpaired) electrons. The molecule has 0 spiro atoms. The maximum absolute atomic E-state index is 12.0. The lowest BCUT2D eigenvalue weighted by molar-refractivity contribution is 0.258. The molecule has 4 nitrogen and oxygen atoms in total. The van der Waals surface area contributed by atoms with Gasteiger partial charge in [-0.15, -0.1) is 0 Å². The highest BCUT2D eigenvalue weighted by atomic mass is 16.2. The Labute approximate surface area is 106 Å². The Morgan fingerprint density at radius 1 is 1.11 bits per heavy atom. The zero-order chi connectivity index (χ0) is 13.0. The molecular weight excluding hydrogens is 226 g/mol. The van der Waals surface area contributed by atoms with Crippen LogP contribution in [-0.2, 0) is 0 Å². The second-order valence-corrected chi connectivity index (χ2v) is 3.95. The lowest BCUT2D eigenvalue weighted by Gasteiger charge is -2.18. The van der Waals surface area contributed by atoms with Crippen LogP contribution in [0.4, 0.5) is 21.9 Å². The Balaban J connectivity index is 2.10. The highest BCUT2D eigenvalue weighted by molar-refractivity contribution is 6.01. The van der Waals surface area contributed by atoms with Crippen molar-refractivity contribution in [3.8, 4) is 0 Å². The first-order valence-corrected chi connectivity index (χ1v) is 5.62. The van der Waals surface area contributed by atoms with Crippen molar-refractivity contribution in [3.05, 3.63) is 54.6 Å². The number of nitrogens with zero attached hydrogens (tertiary/aromatic N) is 1. The standard InChI is InChI=1S/C14H15N3O/c1-17(13-9-5-6-11(15)10-13)14(18)16-12-7-3-2-4-8-12/h2-10H,15H2,1H3,(H,16,18). The minimum atomic E-state index is -0.202. The molecule has 0 unspecified atom stereocenters. The first-order valence-electron chi connectivity index (χ1n) is 5.62. The molecule has 0 fully saturated rings. The van der Waals surface area contributed by atoms with E-state index in [0.29, 0.717) is 5.69 Å². The van der Waals surface area contributed by atoms with Crippen LogP contribution >= 0.6 is 0 Å². The van der Waals surface area contributed by atoms with Gasteiger partial charge in [-0.2, -0.15) is 0 Å². The quantitative estimate of drug-likeness (QED) is 0.794. The van der Waals surface area contributed by atoms with E-state index in [4.69, 9.17) is 5.73 Å². The van der Waals surface area contributed by atoms with Crippen LogP contribution in [0.1, 0.15) is 0 Å². The van der Waals surface area contributed by atoms with Gasteiger partial charge in [0.05, 0.1) is 0 Å². The Kier molecular flexibility index (Phi) is 3.48. The second-order valence-electron chi connectivity index (χ2n) is 3.95. The van der Waals surface area contributed by atoms with Crippen molar-refractivity contribution in [1.29, 1.82) is 0 Å². The Bertz CT molecular complexity index is 540. The number of carbonyl (C=O) groups excluding carboxylic acids is 1. The van der Waals surface area contributed by atoms with Crippen LogP contribution in [0.5, 0.6) is 0 Å². The average molecular weight is 241 g/mol. The summed E-state index contributed by atoms with van der Waals surface area (Å²) in [6, 6.07) is 16.3. The van der Waals surface area contributed by atoms with Gasteiger partial charge in [0.1, 0.15) is 0 Å². The molecule has 0 saturated carbocycles. The first kappa shape index (κ1) is 12.0. The average Bonchev–Trinajstić information content (AvgIpc) is 2.39. The number of para-hydroxylation sites is 1. The smallest absolute Gasteiger partial charge is 0.326 e. The van der Waals surface area contributed by atoms with Gasteiger partial charge >= 0.3 is 6.03 Å². The van der Waals surface area contributed by atoms with Gasteiger partial charge in [-0.05, 0) is 30.3 Å². The van der Waals surface area contributed by atoms with Gasteiger partial charge in [0.25, 0.3) is 0 Å². The number of amides is 2. The van der Waals surface area contributed by atoms with Crippen LogP contribution in [0.25, 0.3) is 0 Å². The molecule has 0 bridgehead atoms. The molecule has 18 heavy (non-hydrogen) atoms. The maximum atomic E-state index is 12.0.